The second-order valence-electron chi connectivity index (χ2n) is 4.16. The summed E-state index contributed by atoms with van der Waals surface area (Å²) in [6.07, 6.45) is 7.65. The second kappa shape index (κ2) is 3.52. The molecule has 0 aromatic carbocycles. The first kappa shape index (κ1) is 8.79. The van der Waals surface area contributed by atoms with Gasteiger partial charge in [-0.25, -0.2) is 0 Å². The summed E-state index contributed by atoms with van der Waals surface area (Å²) in [4.78, 5) is 11.2. The molecule has 1 heterocycles. The molecular weight excluding hydrogens is 162 g/mol. The standard InChI is InChI=1S/C11H17NO/c1-2-8-3-4-9-5-6-11(13)12-10(9)7-8/h2,9-10H,3-7H2,1H3,(H,12,13)/b8-2+. The van der Waals surface area contributed by atoms with Crippen LogP contribution < -0.4 is 5.32 Å². The summed E-state index contributed by atoms with van der Waals surface area (Å²) in [5, 5.41) is 3.10. The highest BCUT2D eigenvalue weighted by molar-refractivity contribution is 5.77. The van der Waals surface area contributed by atoms with Crippen molar-refractivity contribution in [2.45, 2.75) is 45.1 Å². The van der Waals surface area contributed by atoms with Crippen LogP contribution in [-0.4, -0.2) is 11.9 Å². The lowest BCUT2D eigenvalue weighted by Gasteiger charge is -2.37. The van der Waals surface area contributed by atoms with E-state index < -0.39 is 0 Å². The lowest BCUT2D eigenvalue weighted by Crippen LogP contribution is -2.46. The van der Waals surface area contributed by atoms with Crippen LogP contribution in [0.3, 0.4) is 0 Å². The summed E-state index contributed by atoms with van der Waals surface area (Å²) in [6.45, 7) is 2.10. The van der Waals surface area contributed by atoms with Crippen LogP contribution in [0.15, 0.2) is 11.6 Å². The van der Waals surface area contributed by atoms with E-state index in [1.165, 1.54) is 18.4 Å². The topological polar surface area (TPSA) is 29.1 Å². The lowest BCUT2D eigenvalue weighted by molar-refractivity contribution is -0.124. The minimum atomic E-state index is 0.249. The van der Waals surface area contributed by atoms with Gasteiger partial charge >= 0.3 is 0 Å². The molecule has 72 valence electrons. The van der Waals surface area contributed by atoms with Crippen LogP contribution in [0.2, 0.25) is 0 Å². The SMILES string of the molecule is C/C=C1\CCC2CCC(=O)NC2C1. The minimum absolute atomic E-state index is 0.249. The van der Waals surface area contributed by atoms with Crippen LogP contribution in [0.5, 0.6) is 0 Å². The van der Waals surface area contributed by atoms with Gasteiger partial charge < -0.3 is 5.32 Å². The van der Waals surface area contributed by atoms with Gasteiger partial charge in [-0.2, -0.15) is 0 Å². The molecule has 2 aliphatic rings. The van der Waals surface area contributed by atoms with Gasteiger partial charge in [-0.15, -0.1) is 0 Å². The minimum Gasteiger partial charge on any atom is -0.353 e. The molecule has 2 heteroatoms. The van der Waals surface area contributed by atoms with Crippen LogP contribution in [0.1, 0.15) is 39.0 Å². The molecule has 1 aliphatic carbocycles. The number of fused-ring (bicyclic) bond motifs is 1. The molecule has 0 radical (unpaired) electrons. The molecule has 0 aromatic heterocycles. The molecule has 0 aromatic rings. The summed E-state index contributed by atoms with van der Waals surface area (Å²) < 4.78 is 0. The number of piperidine rings is 1. The van der Waals surface area contributed by atoms with Crippen molar-refractivity contribution in [3.8, 4) is 0 Å². The Kier molecular flexibility index (Phi) is 2.38. The van der Waals surface area contributed by atoms with Crippen molar-refractivity contribution in [1.82, 2.24) is 5.32 Å². The summed E-state index contributed by atoms with van der Waals surface area (Å²) in [6, 6.07) is 0.446. The Morgan fingerprint density at radius 1 is 1.38 bits per heavy atom. The zero-order valence-corrected chi connectivity index (χ0v) is 8.18. The van der Waals surface area contributed by atoms with Crippen molar-refractivity contribution in [3.05, 3.63) is 11.6 Å². The molecule has 1 N–H and O–H groups in total. The number of allylic oxidation sites excluding steroid dienone is 1. The molecule has 2 atom stereocenters. The predicted molar refractivity (Wildman–Crippen MR) is 52.3 cm³/mol. The van der Waals surface area contributed by atoms with Crippen molar-refractivity contribution >= 4 is 5.91 Å². The van der Waals surface area contributed by atoms with E-state index in [0.29, 0.717) is 6.04 Å². The normalized spacial score (nSPS) is 37.0. The molecule has 2 fully saturated rings. The summed E-state index contributed by atoms with van der Waals surface area (Å²) >= 11 is 0. The van der Waals surface area contributed by atoms with Gasteiger partial charge in [0, 0.05) is 12.5 Å². The Bertz CT molecular complexity index is 244. The van der Waals surface area contributed by atoms with Crippen molar-refractivity contribution < 1.29 is 4.79 Å². The molecular formula is C11H17NO. The zero-order chi connectivity index (χ0) is 9.26. The van der Waals surface area contributed by atoms with E-state index in [0.717, 1.165) is 25.2 Å². The van der Waals surface area contributed by atoms with Crippen LogP contribution in [-0.2, 0) is 4.79 Å². The average molecular weight is 179 g/mol. The van der Waals surface area contributed by atoms with Gasteiger partial charge in [0.15, 0.2) is 0 Å². The number of amides is 1. The number of hydrogen-bond acceptors (Lipinski definition) is 1. The maximum absolute atomic E-state index is 11.2. The Balaban J connectivity index is 2.03. The van der Waals surface area contributed by atoms with Crippen LogP contribution >= 0.6 is 0 Å². The number of carbonyl (C=O) groups excluding carboxylic acids is 1. The first-order chi connectivity index (χ1) is 6.29. The quantitative estimate of drug-likeness (QED) is 0.566. The fourth-order valence-electron chi connectivity index (χ4n) is 2.50. The molecule has 13 heavy (non-hydrogen) atoms. The Hall–Kier alpha value is -0.790. The highest BCUT2D eigenvalue weighted by Gasteiger charge is 2.31. The van der Waals surface area contributed by atoms with E-state index in [2.05, 4.69) is 18.3 Å². The second-order valence-corrected chi connectivity index (χ2v) is 4.16. The molecule has 1 amide bonds. The van der Waals surface area contributed by atoms with Gasteiger partial charge in [-0.05, 0) is 38.5 Å². The Morgan fingerprint density at radius 2 is 2.15 bits per heavy atom. The predicted octanol–water partition coefficient (Wildman–Crippen LogP) is 2.01. The monoisotopic (exact) mass is 179 g/mol. The van der Waals surface area contributed by atoms with Gasteiger partial charge in [-0.3, -0.25) is 4.79 Å². The zero-order valence-electron chi connectivity index (χ0n) is 8.18. The number of hydrogen-bond donors (Lipinski definition) is 1. The van der Waals surface area contributed by atoms with E-state index in [-0.39, 0.29) is 5.91 Å². The third kappa shape index (κ3) is 1.77. The van der Waals surface area contributed by atoms with E-state index in [1.807, 2.05) is 0 Å². The van der Waals surface area contributed by atoms with Crippen LogP contribution in [0, 0.1) is 5.92 Å². The molecule has 0 bridgehead atoms. The molecule has 1 aliphatic heterocycles. The van der Waals surface area contributed by atoms with Crippen LogP contribution in [0.4, 0.5) is 0 Å². The van der Waals surface area contributed by atoms with Gasteiger partial charge in [-0.1, -0.05) is 11.6 Å². The highest BCUT2D eigenvalue weighted by Crippen LogP contribution is 2.33. The maximum atomic E-state index is 11.2. The maximum Gasteiger partial charge on any atom is 0.220 e. The van der Waals surface area contributed by atoms with Crippen molar-refractivity contribution in [3.63, 3.8) is 0 Å². The van der Waals surface area contributed by atoms with Crippen molar-refractivity contribution in [2.75, 3.05) is 0 Å². The molecule has 1 saturated carbocycles. The average Bonchev–Trinajstić information content (AvgIpc) is 2.16. The van der Waals surface area contributed by atoms with Gasteiger partial charge in [0.1, 0.15) is 0 Å². The van der Waals surface area contributed by atoms with Gasteiger partial charge in [0.25, 0.3) is 0 Å². The lowest BCUT2D eigenvalue weighted by atomic mass is 9.77. The Morgan fingerprint density at radius 3 is 2.92 bits per heavy atom. The third-order valence-electron chi connectivity index (χ3n) is 3.38. The largest absolute Gasteiger partial charge is 0.353 e. The van der Waals surface area contributed by atoms with Crippen molar-refractivity contribution in [1.29, 1.82) is 0 Å². The third-order valence-corrected chi connectivity index (χ3v) is 3.38. The number of rotatable bonds is 0. The first-order valence-corrected chi connectivity index (χ1v) is 5.23. The van der Waals surface area contributed by atoms with Crippen molar-refractivity contribution in [2.24, 2.45) is 5.92 Å². The van der Waals surface area contributed by atoms with E-state index in [9.17, 15) is 4.79 Å². The first-order valence-electron chi connectivity index (χ1n) is 5.23. The number of nitrogens with one attached hydrogen (secondary N) is 1. The molecule has 1 saturated heterocycles. The van der Waals surface area contributed by atoms with Gasteiger partial charge in [0.05, 0.1) is 0 Å². The van der Waals surface area contributed by atoms with E-state index in [1.54, 1.807) is 0 Å². The summed E-state index contributed by atoms with van der Waals surface area (Å²) in [7, 11) is 0. The van der Waals surface area contributed by atoms with Crippen LogP contribution in [0.25, 0.3) is 0 Å². The van der Waals surface area contributed by atoms with Gasteiger partial charge in [0.2, 0.25) is 5.91 Å². The molecule has 0 spiro atoms. The fourth-order valence-corrected chi connectivity index (χ4v) is 2.50. The van der Waals surface area contributed by atoms with E-state index in [4.69, 9.17) is 0 Å². The highest BCUT2D eigenvalue weighted by atomic mass is 16.1. The Labute approximate surface area is 79.4 Å². The molecule has 2 nitrogen and oxygen atoms in total. The smallest absolute Gasteiger partial charge is 0.220 e. The number of carbonyl (C=O) groups is 1. The molecule has 2 rings (SSSR count). The fraction of sp³-hybridized carbons (Fsp3) is 0.727. The summed E-state index contributed by atoms with van der Waals surface area (Å²) in [5.41, 5.74) is 1.52. The van der Waals surface area contributed by atoms with E-state index >= 15 is 0 Å². The summed E-state index contributed by atoms with van der Waals surface area (Å²) in [5.74, 6) is 1.00. The molecule has 2 unspecified atom stereocenters.